The van der Waals surface area contributed by atoms with Crippen LogP contribution in [-0.2, 0) is 33.5 Å². The fraction of sp³-hybridized carbons (Fsp3) is 0.393. The van der Waals surface area contributed by atoms with E-state index in [4.69, 9.17) is 9.26 Å². The topological polar surface area (TPSA) is 132 Å². The van der Waals surface area contributed by atoms with Gasteiger partial charge < -0.3 is 25.2 Å². The summed E-state index contributed by atoms with van der Waals surface area (Å²) in [5.41, 5.74) is -0.707. The summed E-state index contributed by atoms with van der Waals surface area (Å²) < 4.78 is 52.2. The molecule has 0 aliphatic carbocycles. The van der Waals surface area contributed by atoms with E-state index in [2.05, 4.69) is 21.2 Å². The first-order valence-corrected chi connectivity index (χ1v) is 13.4. The van der Waals surface area contributed by atoms with Crippen LogP contribution in [0.4, 0.5) is 35.2 Å². The molecule has 2 aromatic carbocycles. The van der Waals surface area contributed by atoms with Gasteiger partial charge in [-0.05, 0) is 62.3 Å². The molecular formula is C28H31F3N6O5. The van der Waals surface area contributed by atoms with Crippen molar-refractivity contribution >= 4 is 35.2 Å². The Hall–Kier alpha value is -4.46. The first kappa shape index (κ1) is 30.5. The number of nitrogens with zero attached hydrogens (tertiary/aromatic N) is 4. The van der Waals surface area contributed by atoms with Crippen molar-refractivity contribution in [2.24, 2.45) is 5.92 Å². The molecule has 224 valence electrons. The highest BCUT2D eigenvalue weighted by molar-refractivity contribution is 6.04. The zero-order valence-electron chi connectivity index (χ0n) is 22.9. The summed E-state index contributed by atoms with van der Waals surface area (Å²) in [5, 5.41) is 12.4. The molecule has 42 heavy (non-hydrogen) atoms. The molecule has 14 heteroatoms. The standard InChI is InChI=1S/C28H31F3N6O5/c1-2-41-26(39)18-36-10-8-20(9-11-36)16-37-17-25(42-35-37)34-27(40)33-23-14-21(28(29,30)31)13-22(15-23)32-24(38)12-19-6-4-3-5-7-19/h3-7,13-15,17,20H,2,8-12,16,18H2,1H3,(H2-,32,33,34,35,38,40). The van der Waals surface area contributed by atoms with E-state index in [1.807, 2.05) is 4.90 Å². The van der Waals surface area contributed by atoms with E-state index < -0.39 is 23.7 Å². The number of anilines is 2. The predicted molar refractivity (Wildman–Crippen MR) is 145 cm³/mol. The number of carbonyl (C=O) groups excluding carboxylic acids is 3. The summed E-state index contributed by atoms with van der Waals surface area (Å²) in [6.07, 6.45) is -1.68. The highest BCUT2D eigenvalue weighted by Crippen LogP contribution is 2.34. The quantitative estimate of drug-likeness (QED) is 0.260. The molecular weight excluding hydrogens is 557 g/mol. The van der Waals surface area contributed by atoms with Crippen LogP contribution in [0.25, 0.3) is 5.32 Å². The van der Waals surface area contributed by atoms with E-state index in [1.165, 1.54) is 16.9 Å². The molecule has 1 fully saturated rings. The number of esters is 1. The number of amides is 3. The maximum atomic E-state index is 13.5. The van der Waals surface area contributed by atoms with Crippen LogP contribution in [0.3, 0.4) is 0 Å². The molecule has 0 bridgehead atoms. The van der Waals surface area contributed by atoms with Crippen molar-refractivity contribution in [3.8, 4) is 0 Å². The number of urea groups is 1. The van der Waals surface area contributed by atoms with Crippen LogP contribution in [0, 0.1) is 5.92 Å². The molecule has 0 radical (unpaired) electrons. The van der Waals surface area contributed by atoms with E-state index in [-0.39, 0.29) is 42.1 Å². The Morgan fingerprint density at radius 1 is 1.10 bits per heavy atom. The average Bonchev–Trinajstić information content (AvgIpc) is 3.36. The Bertz CT molecular complexity index is 1370. The van der Waals surface area contributed by atoms with Crippen LogP contribution >= 0.6 is 0 Å². The number of hydrogen-bond donors (Lipinski definition) is 2. The summed E-state index contributed by atoms with van der Waals surface area (Å²) in [6.45, 7) is 4.33. The SMILES string of the molecule is CCOC(=O)CN1CCC(C[n+]2cc([N-]C(=O)Nc3cc(NC(=O)Cc4ccccc4)cc(C(F)(F)F)c3)on2)CC1. The van der Waals surface area contributed by atoms with Crippen molar-refractivity contribution in [3.63, 3.8) is 0 Å². The monoisotopic (exact) mass is 588 g/mol. The van der Waals surface area contributed by atoms with Crippen molar-refractivity contribution in [3.05, 3.63) is 71.2 Å². The number of ether oxygens (including phenoxy) is 1. The van der Waals surface area contributed by atoms with Crippen molar-refractivity contribution in [1.29, 1.82) is 0 Å². The minimum Gasteiger partial charge on any atom is -0.465 e. The van der Waals surface area contributed by atoms with Gasteiger partial charge in [-0.1, -0.05) is 35.0 Å². The smallest absolute Gasteiger partial charge is 0.416 e. The van der Waals surface area contributed by atoms with Crippen LogP contribution in [-0.4, -0.2) is 54.3 Å². The number of likely N-dealkylation sites (tertiary alicyclic amines) is 1. The molecule has 4 rings (SSSR count). The van der Waals surface area contributed by atoms with Crippen LogP contribution in [0.5, 0.6) is 0 Å². The summed E-state index contributed by atoms with van der Waals surface area (Å²) in [4.78, 5) is 38.6. The number of hydrogen-bond acceptors (Lipinski definition) is 7. The lowest BCUT2D eigenvalue weighted by atomic mass is 9.97. The third kappa shape index (κ3) is 9.29. The Kier molecular flexibility index (Phi) is 10.1. The fourth-order valence-electron chi connectivity index (χ4n) is 4.56. The second kappa shape index (κ2) is 13.9. The minimum absolute atomic E-state index is 0.0354. The van der Waals surface area contributed by atoms with Crippen LogP contribution in [0.15, 0.2) is 59.3 Å². The normalized spacial score (nSPS) is 14.3. The maximum absolute atomic E-state index is 13.5. The first-order chi connectivity index (χ1) is 20.1. The fourth-order valence-corrected chi connectivity index (χ4v) is 4.56. The van der Waals surface area contributed by atoms with Gasteiger partial charge in [0.1, 0.15) is 0 Å². The first-order valence-electron chi connectivity index (χ1n) is 13.4. The highest BCUT2D eigenvalue weighted by atomic mass is 19.4. The molecule has 3 amide bonds. The number of aromatic nitrogens is 2. The van der Waals surface area contributed by atoms with Crippen LogP contribution in [0.2, 0.25) is 0 Å². The molecule has 0 spiro atoms. The number of benzene rings is 2. The molecule has 0 saturated carbocycles. The van der Waals surface area contributed by atoms with Crippen molar-refractivity contribution < 1.29 is 41.5 Å². The molecule has 0 atom stereocenters. The van der Waals surface area contributed by atoms with Gasteiger partial charge in [0.2, 0.25) is 18.0 Å². The van der Waals surface area contributed by atoms with E-state index in [0.29, 0.717) is 18.7 Å². The van der Waals surface area contributed by atoms with Crippen molar-refractivity contribution in [1.82, 2.24) is 10.2 Å². The van der Waals surface area contributed by atoms with Crippen molar-refractivity contribution in [2.75, 3.05) is 36.9 Å². The molecule has 1 saturated heterocycles. The van der Waals surface area contributed by atoms with E-state index >= 15 is 0 Å². The third-order valence-electron chi connectivity index (χ3n) is 6.52. The van der Waals surface area contributed by atoms with Gasteiger partial charge in [-0.2, -0.15) is 13.2 Å². The van der Waals surface area contributed by atoms with Gasteiger partial charge in [0.05, 0.1) is 25.1 Å². The number of rotatable bonds is 10. The average molecular weight is 589 g/mol. The Morgan fingerprint density at radius 3 is 2.45 bits per heavy atom. The van der Waals surface area contributed by atoms with Gasteiger partial charge in [0, 0.05) is 11.6 Å². The van der Waals surface area contributed by atoms with E-state index in [9.17, 15) is 27.6 Å². The molecule has 3 aromatic rings. The number of halogens is 3. The maximum Gasteiger partial charge on any atom is 0.416 e. The molecule has 1 aliphatic heterocycles. The van der Waals surface area contributed by atoms with E-state index in [1.54, 1.807) is 37.3 Å². The molecule has 11 nitrogen and oxygen atoms in total. The van der Waals surface area contributed by atoms with Crippen molar-refractivity contribution in [2.45, 2.75) is 38.9 Å². The highest BCUT2D eigenvalue weighted by Gasteiger charge is 2.31. The number of alkyl halides is 3. The van der Waals surface area contributed by atoms with Crippen LogP contribution in [0.1, 0.15) is 30.9 Å². The number of carbonyl (C=O) groups is 3. The molecule has 1 aliphatic rings. The second-order valence-electron chi connectivity index (χ2n) is 9.84. The van der Waals surface area contributed by atoms with Crippen LogP contribution < -0.4 is 15.3 Å². The zero-order valence-corrected chi connectivity index (χ0v) is 22.9. The summed E-state index contributed by atoms with van der Waals surface area (Å²) in [6, 6.07) is 10.5. The van der Waals surface area contributed by atoms with Gasteiger partial charge in [0.25, 0.3) is 0 Å². The third-order valence-corrected chi connectivity index (χ3v) is 6.52. The number of nitrogens with one attached hydrogen (secondary N) is 2. The summed E-state index contributed by atoms with van der Waals surface area (Å²) >= 11 is 0. The lowest BCUT2D eigenvalue weighted by molar-refractivity contribution is -0.767. The minimum atomic E-state index is -4.72. The predicted octanol–water partition coefficient (Wildman–Crippen LogP) is 4.67. The van der Waals surface area contributed by atoms with Gasteiger partial charge >= 0.3 is 12.1 Å². The Morgan fingerprint density at radius 2 is 1.79 bits per heavy atom. The van der Waals surface area contributed by atoms with Gasteiger partial charge in [0.15, 0.2) is 17.8 Å². The molecule has 0 unspecified atom stereocenters. The molecule has 2 N–H and O–H groups in total. The van der Waals surface area contributed by atoms with E-state index in [0.717, 1.165) is 38.1 Å². The zero-order chi connectivity index (χ0) is 30.1. The van der Waals surface area contributed by atoms with Gasteiger partial charge in [-0.25, -0.2) is 0 Å². The largest absolute Gasteiger partial charge is 0.465 e. The summed E-state index contributed by atoms with van der Waals surface area (Å²) in [7, 11) is 0. The lowest BCUT2D eigenvalue weighted by Crippen LogP contribution is -2.44. The van der Waals surface area contributed by atoms with Gasteiger partial charge in [-0.15, -0.1) is 0 Å². The number of piperidine rings is 1. The Labute approximate surface area is 240 Å². The lowest BCUT2D eigenvalue weighted by Gasteiger charge is -2.29. The summed E-state index contributed by atoms with van der Waals surface area (Å²) in [5.74, 6) is -0.629. The molecule has 1 aromatic heterocycles. The molecule has 2 heterocycles. The Balaban J connectivity index is 1.31. The van der Waals surface area contributed by atoms with Gasteiger partial charge in [-0.3, -0.25) is 19.3 Å². The second-order valence-corrected chi connectivity index (χ2v) is 9.84.